The molecule has 0 saturated heterocycles. The zero-order valence-corrected chi connectivity index (χ0v) is 21.8. The molecule has 0 saturated carbocycles. The summed E-state index contributed by atoms with van der Waals surface area (Å²) in [5.74, 6) is 1.31. The number of carbonyl (C=O) groups excluding carboxylic acids is 1. The Hall–Kier alpha value is -3.32. The molecular formula is C26H22ClN5O2S2. The van der Waals surface area contributed by atoms with Crippen molar-refractivity contribution in [3.8, 4) is 28.9 Å². The van der Waals surface area contributed by atoms with Gasteiger partial charge in [0.15, 0.2) is 11.0 Å². The lowest BCUT2D eigenvalue weighted by Gasteiger charge is -2.11. The molecule has 4 aromatic rings. The molecule has 2 heterocycles. The Morgan fingerprint density at radius 3 is 2.64 bits per heavy atom. The number of thioether (sulfide) groups is 1. The lowest BCUT2D eigenvalue weighted by Crippen LogP contribution is -2.14. The number of hydrogen-bond acceptors (Lipinski definition) is 7. The molecule has 0 unspecified atom stereocenters. The molecule has 36 heavy (non-hydrogen) atoms. The van der Waals surface area contributed by atoms with Crippen LogP contribution in [-0.4, -0.2) is 33.5 Å². The first kappa shape index (κ1) is 24.4. The fraction of sp³-hybridized carbons (Fsp3) is 0.231. The van der Waals surface area contributed by atoms with E-state index >= 15 is 0 Å². The number of halogens is 1. The minimum atomic E-state index is -0.188. The highest BCUT2D eigenvalue weighted by Crippen LogP contribution is 2.38. The Kier molecular flexibility index (Phi) is 7.28. The molecule has 0 fully saturated rings. The van der Waals surface area contributed by atoms with Crippen LogP contribution in [0.1, 0.15) is 28.8 Å². The number of hydrogen-bond donors (Lipinski definition) is 1. The second-order valence-electron chi connectivity index (χ2n) is 8.21. The Morgan fingerprint density at radius 1 is 1.17 bits per heavy atom. The van der Waals surface area contributed by atoms with Gasteiger partial charge in [0, 0.05) is 21.2 Å². The van der Waals surface area contributed by atoms with E-state index < -0.39 is 0 Å². The average Bonchev–Trinajstić information content (AvgIpc) is 3.48. The molecule has 5 rings (SSSR count). The average molecular weight is 536 g/mol. The number of aromatic nitrogens is 3. The zero-order chi connectivity index (χ0) is 25.1. The number of thiophene rings is 1. The van der Waals surface area contributed by atoms with Crippen LogP contribution in [-0.2, 0) is 17.6 Å². The molecule has 0 atom stereocenters. The summed E-state index contributed by atoms with van der Waals surface area (Å²) in [6, 6.07) is 17.2. The molecule has 182 valence electrons. The molecule has 2 aromatic heterocycles. The molecule has 7 nitrogen and oxygen atoms in total. The summed E-state index contributed by atoms with van der Waals surface area (Å²) in [6.07, 6.45) is 4.08. The number of nitrogens with zero attached hydrogens (tertiary/aromatic N) is 4. The van der Waals surface area contributed by atoms with Crippen molar-refractivity contribution in [3.63, 3.8) is 0 Å². The van der Waals surface area contributed by atoms with Crippen molar-refractivity contribution in [2.24, 2.45) is 0 Å². The maximum atomic E-state index is 12.9. The van der Waals surface area contributed by atoms with E-state index in [0.29, 0.717) is 26.6 Å². The highest BCUT2D eigenvalue weighted by Gasteiger charge is 2.23. The predicted octanol–water partition coefficient (Wildman–Crippen LogP) is 6.14. The Labute approximate surface area is 222 Å². The smallest absolute Gasteiger partial charge is 0.235 e. The van der Waals surface area contributed by atoms with Gasteiger partial charge >= 0.3 is 0 Å². The number of fused-ring (bicyclic) bond motifs is 1. The van der Waals surface area contributed by atoms with E-state index in [-0.39, 0.29) is 11.7 Å². The number of rotatable bonds is 7. The normalized spacial score (nSPS) is 12.6. The highest BCUT2D eigenvalue weighted by molar-refractivity contribution is 7.99. The quantitative estimate of drug-likeness (QED) is 0.286. The van der Waals surface area contributed by atoms with E-state index in [9.17, 15) is 10.1 Å². The standard InChI is InChI=1S/C26H22ClN5O2S2/c1-34-19-12-10-18(11-13-19)32-24(16-6-8-17(27)9-7-16)30-31-26(32)35-15-23(33)29-25-21(14-28)20-4-2-3-5-22(20)36-25/h6-13H,2-5,15H2,1H3,(H,29,33). The van der Waals surface area contributed by atoms with Crippen molar-refractivity contribution in [2.45, 2.75) is 30.8 Å². The minimum Gasteiger partial charge on any atom is -0.497 e. The predicted molar refractivity (Wildman–Crippen MR) is 143 cm³/mol. The first-order valence-electron chi connectivity index (χ1n) is 11.4. The van der Waals surface area contributed by atoms with Crippen LogP contribution in [0.25, 0.3) is 17.1 Å². The number of anilines is 1. The van der Waals surface area contributed by atoms with Gasteiger partial charge in [-0.3, -0.25) is 9.36 Å². The second kappa shape index (κ2) is 10.7. The third-order valence-electron chi connectivity index (χ3n) is 5.93. The molecule has 0 aliphatic heterocycles. The Bertz CT molecular complexity index is 1440. The van der Waals surface area contributed by atoms with E-state index in [2.05, 4.69) is 21.6 Å². The van der Waals surface area contributed by atoms with Gasteiger partial charge < -0.3 is 10.1 Å². The van der Waals surface area contributed by atoms with E-state index in [0.717, 1.165) is 48.2 Å². The van der Waals surface area contributed by atoms with Gasteiger partial charge in [-0.2, -0.15) is 5.26 Å². The molecule has 1 aliphatic rings. The summed E-state index contributed by atoms with van der Waals surface area (Å²) in [5, 5.41) is 23.3. The molecule has 1 amide bonds. The van der Waals surface area contributed by atoms with E-state index in [1.165, 1.54) is 28.0 Å². The number of methoxy groups -OCH3 is 1. The maximum absolute atomic E-state index is 12.9. The number of nitriles is 1. The molecular weight excluding hydrogens is 514 g/mol. The topological polar surface area (TPSA) is 92.8 Å². The number of amides is 1. The van der Waals surface area contributed by atoms with E-state index in [4.69, 9.17) is 16.3 Å². The van der Waals surface area contributed by atoms with Crippen LogP contribution in [0.2, 0.25) is 5.02 Å². The first-order valence-corrected chi connectivity index (χ1v) is 13.6. The van der Waals surface area contributed by atoms with Crippen molar-refractivity contribution < 1.29 is 9.53 Å². The maximum Gasteiger partial charge on any atom is 0.235 e. The largest absolute Gasteiger partial charge is 0.497 e. The Morgan fingerprint density at radius 2 is 1.92 bits per heavy atom. The van der Waals surface area contributed by atoms with Crippen molar-refractivity contribution >= 4 is 45.6 Å². The van der Waals surface area contributed by atoms with Gasteiger partial charge in [0.2, 0.25) is 5.91 Å². The van der Waals surface area contributed by atoms with Crippen molar-refractivity contribution in [2.75, 3.05) is 18.2 Å². The van der Waals surface area contributed by atoms with Gasteiger partial charge in [-0.05, 0) is 79.8 Å². The summed E-state index contributed by atoms with van der Waals surface area (Å²) < 4.78 is 7.20. The molecule has 0 radical (unpaired) electrons. The monoisotopic (exact) mass is 535 g/mol. The van der Waals surface area contributed by atoms with Gasteiger partial charge in [-0.15, -0.1) is 21.5 Å². The fourth-order valence-electron chi connectivity index (χ4n) is 4.18. The second-order valence-corrected chi connectivity index (χ2v) is 10.7. The number of ether oxygens (including phenoxy) is 1. The number of benzene rings is 2. The van der Waals surface area contributed by atoms with Crippen LogP contribution in [0.15, 0.2) is 53.7 Å². The van der Waals surface area contributed by atoms with Crippen molar-refractivity contribution in [1.82, 2.24) is 14.8 Å². The highest BCUT2D eigenvalue weighted by atomic mass is 35.5. The van der Waals surface area contributed by atoms with Crippen LogP contribution in [0, 0.1) is 11.3 Å². The van der Waals surface area contributed by atoms with Crippen molar-refractivity contribution in [1.29, 1.82) is 5.26 Å². The van der Waals surface area contributed by atoms with Gasteiger partial charge in [0.05, 0.1) is 18.4 Å². The lowest BCUT2D eigenvalue weighted by atomic mass is 9.96. The van der Waals surface area contributed by atoms with Crippen LogP contribution >= 0.6 is 34.7 Å². The van der Waals surface area contributed by atoms with Crippen LogP contribution < -0.4 is 10.1 Å². The zero-order valence-electron chi connectivity index (χ0n) is 19.5. The van der Waals surface area contributed by atoms with Crippen LogP contribution in [0.5, 0.6) is 5.75 Å². The van der Waals surface area contributed by atoms with Gasteiger partial charge in [0.25, 0.3) is 0 Å². The van der Waals surface area contributed by atoms with E-state index in [1.54, 1.807) is 19.2 Å². The van der Waals surface area contributed by atoms with Crippen molar-refractivity contribution in [3.05, 3.63) is 69.6 Å². The van der Waals surface area contributed by atoms with E-state index in [1.807, 2.05) is 41.0 Å². The summed E-state index contributed by atoms with van der Waals surface area (Å²) >= 11 is 8.89. The summed E-state index contributed by atoms with van der Waals surface area (Å²) in [4.78, 5) is 14.1. The summed E-state index contributed by atoms with van der Waals surface area (Å²) in [7, 11) is 1.62. The number of nitrogens with one attached hydrogen (secondary N) is 1. The summed E-state index contributed by atoms with van der Waals surface area (Å²) in [6.45, 7) is 0. The third kappa shape index (κ3) is 4.98. The number of aryl methyl sites for hydroxylation is 1. The molecule has 1 N–H and O–H groups in total. The lowest BCUT2D eigenvalue weighted by molar-refractivity contribution is -0.113. The Balaban J connectivity index is 1.39. The molecule has 2 aromatic carbocycles. The fourth-order valence-corrected chi connectivity index (χ4v) is 6.31. The number of carbonyl (C=O) groups is 1. The molecule has 0 bridgehead atoms. The third-order valence-corrected chi connectivity index (χ3v) is 8.32. The molecule has 0 spiro atoms. The molecule has 10 heteroatoms. The van der Waals surface area contributed by atoms with Crippen LogP contribution in [0.3, 0.4) is 0 Å². The SMILES string of the molecule is COc1ccc(-n2c(SCC(=O)Nc3sc4c(c3C#N)CCCC4)nnc2-c2ccc(Cl)cc2)cc1. The first-order chi connectivity index (χ1) is 17.6. The molecule has 1 aliphatic carbocycles. The van der Waals surface area contributed by atoms with Gasteiger partial charge in [-0.25, -0.2) is 0 Å². The summed E-state index contributed by atoms with van der Waals surface area (Å²) in [5.41, 5.74) is 3.40. The van der Waals surface area contributed by atoms with Gasteiger partial charge in [0.1, 0.15) is 16.8 Å². The van der Waals surface area contributed by atoms with Gasteiger partial charge in [-0.1, -0.05) is 23.4 Å². The van der Waals surface area contributed by atoms with Crippen LogP contribution in [0.4, 0.5) is 5.00 Å². The minimum absolute atomic E-state index is 0.127.